The van der Waals surface area contributed by atoms with E-state index in [1.54, 1.807) is 25.3 Å². The second-order valence-electron chi connectivity index (χ2n) is 5.66. The Balaban J connectivity index is 1.55. The van der Waals surface area contributed by atoms with Crippen molar-refractivity contribution in [1.29, 1.82) is 0 Å². The number of hydrogen-bond donors (Lipinski definition) is 1. The Kier molecular flexibility index (Phi) is 2.88. The maximum Gasteiger partial charge on any atom is 0.317 e. The molecule has 2 aliphatic rings. The molecule has 2 unspecified atom stereocenters. The van der Waals surface area contributed by atoms with Crippen LogP contribution in [0.1, 0.15) is 19.0 Å². The van der Waals surface area contributed by atoms with E-state index in [0.717, 1.165) is 0 Å². The zero-order chi connectivity index (χ0) is 14.4. The van der Waals surface area contributed by atoms with Crippen molar-refractivity contribution in [2.24, 2.45) is 11.3 Å². The molecule has 0 spiro atoms. The van der Waals surface area contributed by atoms with Gasteiger partial charge in [0, 0.05) is 24.7 Å². The van der Waals surface area contributed by atoms with Gasteiger partial charge in [0.15, 0.2) is 0 Å². The summed E-state index contributed by atoms with van der Waals surface area (Å²) >= 11 is 0. The van der Waals surface area contributed by atoms with Crippen molar-refractivity contribution in [2.75, 3.05) is 13.1 Å². The molecule has 2 heterocycles. The summed E-state index contributed by atoms with van der Waals surface area (Å²) in [7, 11) is 0. The summed E-state index contributed by atoms with van der Waals surface area (Å²) in [6.07, 6.45) is 1.90. The lowest BCUT2D eigenvalue weighted by atomic mass is 9.98. The number of fused-ring (bicyclic) bond motifs is 1. The summed E-state index contributed by atoms with van der Waals surface area (Å²) in [4.78, 5) is 13.4. The number of carbonyl (C=O) groups is 1. The third kappa shape index (κ3) is 1.92. The van der Waals surface area contributed by atoms with E-state index in [1.807, 2.05) is 0 Å². The Morgan fingerprint density at radius 3 is 3.05 bits per heavy atom. The van der Waals surface area contributed by atoms with Crippen LogP contribution in [-0.4, -0.2) is 40.1 Å². The van der Waals surface area contributed by atoms with Gasteiger partial charge >= 0.3 is 6.03 Å². The molecule has 1 aliphatic carbocycles. The Labute approximate surface area is 115 Å². The van der Waals surface area contributed by atoms with Crippen LogP contribution in [0.3, 0.4) is 0 Å². The second kappa shape index (κ2) is 4.36. The van der Waals surface area contributed by atoms with E-state index in [0.29, 0.717) is 18.7 Å². The van der Waals surface area contributed by atoms with Gasteiger partial charge in [-0.05, 0) is 18.6 Å². The van der Waals surface area contributed by atoms with Crippen LogP contribution >= 0.6 is 0 Å². The Bertz CT molecular complexity index is 524. The molecular weight excluding hydrogens is 266 g/mol. The molecular formula is C13H16F2N4O. The maximum absolute atomic E-state index is 13.6. The van der Waals surface area contributed by atoms with E-state index >= 15 is 0 Å². The molecule has 1 saturated carbocycles. The number of piperidine rings is 1. The van der Waals surface area contributed by atoms with Crippen LogP contribution < -0.4 is 5.32 Å². The van der Waals surface area contributed by atoms with Crippen LogP contribution in [0.2, 0.25) is 0 Å². The fourth-order valence-corrected chi connectivity index (χ4v) is 2.90. The zero-order valence-corrected chi connectivity index (χ0v) is 11.1. The minimum absolute atomic E-state index is 0.121. The molecule has 2 atom stereocenters. The molecule has 0 aromatic carbocycles. The molecule has 0 radical (unpaired) electrons. The number of rotatable bonds is 2. The number of hydrogen-bond acceptors (Lipinski definition) is 3. The molecule has 0 bridgehead atoms. The van der Waals surface area contributed by atoms with E-state index in [1.165, 1.54) is 4.90 Å². The molecule has 1 aromatic rings. The Hall–Kier alpha value is -1.79. The van der Waals surface area contributed by atoms with Crippen LogP contribution in [0, 0.1) is 11.3 Å². The summed E-state index contributed by atoms with van der Waals surface area (Å²) in [5.74, 6) is -3.33. The number of halogens is 2. The van der Waals surface area contributed by atoms with Crippen LogP contribution in [0.15, 0.2) is 18.3 Å². The third-order valence-electron chi connectivity index (χ3n) is 4.52. The van der Waals surface area contributed by atoms with Gasteiger partial charge in [-0.15, -0.1) is 0 Å². The normalized spacial score (nSPS) is 30.6. The molecule has 1 aromatic heterocycles. The lowest BCUT2D eigenvalue weighted by Crippen LogP contribution is -2.44. The second-order valence-corrected chi connectivity index (χ2v) is 5.66. The molecule has 108 valence electrons. The molecule has 3 rings (SSSR count). The number of urea groups is 1. The van der Waals surface area contributed by atoms with Gasteiger partial charge < -0.3 is 10.2 Å². The van der Waals surface area contributed by atoms with Gasteiger partial charge in [-0.25, -0.2) is 13.6 Å². The zero-order valence-electron chi connectivity index (χ0n) is 11.1. The minimum atomic E-state index is -2.63. The number of aromatic nitrogens is 2. The third-order valence-corrected chi connectivity index (χ3v) is 4.52. The highest BCUT2D eigenvalue weighted by atomic mass is 19.3. The maximum atomic E-state index is 13.6. The van der Waals surface area contributed by atoms with E-state index in [4.69, 9.17) is 0 Å². The highest BCUT2D eigenvalue weighted by Crippen LogP contribution is 2.69. The molecule has 20 heavy (non-hydrogen) atoms. The Morgan fingerprint density at radius 1 is 1.60 bits per heavy atom. The average Bonchev–Trinajstić information content (AvgIpc) is 2.90. The largest absolute Gasteiger partial charge is 0.332 e. The van der Waals surface area contributed by atoms with Crippen LogP contribution in [0.25, 0.3) is 0 Å². The SMILES string of the molecule is CC12CCN(C(=O)NCc3cccnn3)CC1C2(F)F. The molecule has 1 N–H and O–H groups in total. The first-order valence-electron chi connectivity index (χ1n) is 6.62. The van der Waals surface area contributed by atoms with Crippen molar-refractivity contribution in [3.05, 3.63) is 24.0 Å². The number of nitrogens with one attached hydrogen (secondary N) is 1. The van der Waals surface area contributed by atoms with Gasteiger partial charge in [0.05, 0.1) is 18.2 Å². The van der Waals surface area contributed by atoms with Gasteiger partial charge in [-0.2, -0.15) is 10.2 Å². The van der Waals surface area contributed by atoms with E-state index in [2.05, 4.69) is 15.5 Å². The molecule has 1 saturated heterocycles. The smallest absolute Gasteiger partial charge is 0.317 e. The number of nitrogens with zero attached hydrogens (tertiary/aromatic N) is 3. The van der Waals surface area contributed by atoms with Crippen molar-refractivity contribution < 1.29 is 13.6 Å². The summed E-state index contributed by atoms with van der Waals surface area (Å²) in [5, 5.41) is 10.2. The average molecular weight is 282 g/mol. The molecule has 2 fully saturated rings. The van der Waals surface area contributed by atoms with Crippen LogP contribution in [-0.2, 0) is 6.54 Å². The number of amides is 2. The van der Waals surface area contributed by atoms with Crippen LogP contribution in [0.5, 0.6) is 0 Å². The number of likely N-dealkylation sites (tertiary alicyclic amines) is 1. The van der Waals surface area contributed by atoms with Gasteiger partial charge in [-0.1, -0.05) is 6.92 Å². The minimum Gasteiger partial charge on any atom is -0.332 e. The highest BCUT2D eigenvalue weighted by molar-refractivity contribution is 5.74. The summed E-state index contributed by atoms with van der Waals surface area (Å²) in [5.41, 5.74) is -0.270. The molecule has 7 heteroatoms. The number of alkyl halides is 2. The lowest BCUT2D eigenvalue weighted by Gasteiger charge is -2.28. The molecule has 1 aliphatic heterocycles. The van der Waals surface area contributed by atoms with E-state index in [-0.39, 0.29) is 19.1 Å². The fraction of sp³-hybridized carbons (Fsp3) is 0.615. The van der Waals surface area contributed by atoms with Gasteiger partial charge in [-0.3, -0.25) is 0 Å². The van der Waals surface area contributed by atoms with Crippen molar-refractivity contribution in [3.63, 3.8) is 0 Å². The lowest BCUT2D eigenvalue weighted by molar-refractivity contribution is 0.0636. The topological polar surface area (TPSA) is 58.1 Å². The first-order chi connectivity index (χ1) is 9.45. The monoisotopic (exact) mass is 282 g/mol. The standard InChI is InChI=1S/C13H16F2N4O/c1-12-4-6-19(8-10(12)13(12,14)15)11(20)16-7-9-3-2-5-17-18-9/h2-3,5,10H,4,6-8H2,1H3,(H,16,20). The predicted molar refractivity (Wildman–Crippen MR) is 67.0 cm³/mol. The van der Waals surface area contributed by atoms with Crippen molar-refractivity contribution >= 4 is 6.03 Å². The van der Waals surface area contributed by atoms with Crippen molar-refractivity contribution in [2.45, 2.75) is 25.8 Å². The first kappa shape index (κ1) is 13.2. The first-order valence-corrected chi connectivity index (χ1v) is 6.62. The number of carbonyl (C=O) groups excluding carboxylic acids is 1. The van der Waals surface area contributed by atoms with Gasteiger partial charge in [0.1, 0.15) is 0 Å². The van der Waals surface area contributed by atoms with Crippen LogP contribution in [0.4, 0.5) is 13.6 Å². The van der Waals surface area contributed by atoms with Crippen molar-refractivity contribution in [1.82, 2.24) is 20.4 Å². The van der Waals surface area contributed by atoms with Crippen molar-refractivity contribution in [3.8, 4) is 0 Å². The molecule has 5 nitrogen and oxygen atoms in total. The predicted octanol–water partition coefficient (Wildman–Crippen LogP) is 1.66. The quantitative estimate of drug-likeness (QED) is 0.897. The summed E-state index contributed by atoms with van der Waals surface area (Å²) < 4.78 is 27.2. The van der Waals surface area contributed by atoms with Gasteiger partial charge in [0.2, 0.25) is 0 Å². The summed E-state index contributed by atoms with van der Waals surface area (Å²) in [6, 6.07) is 3.15. The van der Waals surface area contributed by atoms with E-state index < -0.39 is 17.3 Å². The molecule has 2 amide bonds. The van der Waals surface area contributed by atoms with E-state index in [9.17, 15) is 13.6 Å². The Morgan fingerprint density at radius 2 is 2.40 bits per heavy atom. The fourth-order valence-electron chi connectivity index (χ4n) is 2.90. The highest BCUT2D eigenvalue weighted by Gasteiger charge is 2.78. The van der Waals surface area contributed by atoms with Gasteiger partial charge in [0.25, 0.3) is 5.92 Å². The summed E-state index contributed by atoms with van der Waals surface area (Å²) in [6.45, 7) is 2.35.